The Morgan fingerprint density at radius 3 is 2.63 bits per heavy atom. The highest BCUT2D eigenvalue weighted by molar-refractivity contribution is 7.89. The van der Waals surface area contributed by atoms with E-state index in [9.17, 15) is 13.2 Å². The number of amides is 2. The largest absolute Gasteiger partial charge is 0.331 e. The molecule has 1 aromatic carbocycles. The Hall–Kier alpha value is -2.46. The summed E-state index contributed by atoms with van der Waals surface area (Å²) in [6.07, 6.45) is 1.96. The predicted octanol–water partition coefficient (Wildman–Crippen LogP) is 1.57. The van der Waals surface area contributed by atoms with Gasteiger partial charge in [0, 0.05) is 31.7 Å². The molecule has 2 heterocycles. The Morgan fingerprint density at radius 1 is 1.26 bits per heavy atom. The molecule has 0 unspecified atom stereocenters. The first-order chi connectivity index (χ1) is 12.8. The standard InChI is InChI=1S/C17H24N6O3S/c1-12(2)22(3)27(25,26)14-8-6-13(7-9-14)19-17(24)18-11-16-21-20-15-5-4-10-23(15)16/h6-9,12H,4-5,10-11H2,1-3H3,(H2,18,19,24). The van der Waals surface area contributed by atoms with E-state index in [0.717, 1.165) is 31.0 Å². The van der Waals surface area contributed by atoms with E-state index >= 15 is 0 Å². The van der Waals surface area contributed by atoms with Gasteiger partial charge >= 0.3 is 6.03 Å². The fraction of sp³-hybridized carbons (Fsp3) is 0.471. The molecule has 0 spiro atoms. The van der Waals surface area contributed by atoms with E-state index in [-0.39, 0.29) is 23.5 Å². The molecule has 1 aliphatic rings. The fourth-order valence-corrected chi connectivity index (χ4v) is 4.20. The van der Waals surface area contributed by atoms with E-state index in [1.807, 2.05) is 18.4 Å². The number of anilines is 1. The molecule has 0 atom stereocenters. The molecule has 0 fully saturated rings. The first-order valence-electron chi connectivity index (χ1n) is 8.83. The van der Waals surface area contributed by atoms with Crippen molar-refractivity contribution in [3.63, 3.8) is 0 Å². The lowest BCUT2D eigenvalue weighted by atomic mass is 10.3. The Labute approximate surface area is 158 Å². The van der Waals surface area contributed by atoms with Crippen LogP contribution in [0.1, 0.15) is 31.9 Å². The average Bonchev–Trinajstić information content (AvgIpc) is 3.23. The van der Waals surface area contributed by atoms with Crippen molar-refractivity contribution in [3.05, 3.63) is 35.9 Å². The summed E-state index contributed by atoms with van der Waals surface area (Å²) >= 11 is 0. The molecular formula is C17H24N6O3S. The minimum atomic E-state index is -3.54. The fourth-order valence-electron chi connectivity index (χ4n) is 2.83. The molecule has 146 valence electrons. The Morgan fingerprint density at radius 2 is 1.96 bits per heavy atom. The minimum absolute atomic E-state index is 0.141. The van der Waals surface area contributed by atoms with E-state index < -0.39 is 10.0 Å². The lowest BCUT2D eigenvalue weighted by Gasteiger charge is -2.21. The molecule has 0 saturated heterocycles. The third-order valence-corrected chi connectivity index (χ3v) is 6.66. The highest BCUT2D eigenvalue weighted by Gasteiger charge is 2.23. The highest BCUT2D eigenvalue weighted by Crippen LogP contribution is 2.19. The molecule has 3 rings (SSSR count). The normalized spacial score (nSPS) is 13.8. The minimum Gasteiger partial charge on any atom is -0.331 e. The molecule has 0 bridgehead atoms. The van der Waals surface area contributed by atoms with Crippen LogP contribution in [-0.2, 0) is 29.5 Å². The van der Waals surface area contributed by atoms with Gasteiger partial charge in [0.1, 0.15) is 5.82 Å². The zero-order chi connectivity index (χ0) is 19.6. The highest BCUT2D eigenvalue weighted by atomic mass is 32.2. The quantitative estimate of drug-likeness (QED) is 0.776. The van der Waals surface area contributed by atoms with Crippen molar-refractivity contribution >= 4 is 21.7 Å². The van der Waals surface area contributed by atoms with Gasteiger partial charge in [-0.1, -0.05) is 0 Å². The number of fused-ring (bicyclic) bond motifs is 1. The molecule has 1 aromatic heterocycles. The van der Waals surface area contributed by atoms with Crippen molar-refractivity contribution in [2.24, 2.45) is 0 Å². The summed E-state index contributed by atoms with van der Waals surface area (Å²) < 4.78 is 28.2. The van der Waals surface area contributed by atoms with Crippen molar-refractivity contribution in [1.82, 2.24) is 24.4 Å². The summed E-state index contributed by atoms with van der Waals surface area (Å²) in [5.74, 6) is 1.69. The Kier molecular flexibility index (Phi) is 5.47. The topological polar surface area (TPSA) is 109 Å². The van der Waals surface area contributed by atoms with Crippen LogP contribution < -0.4 is 10.6 Å². The first-order valence-corrected chi connectivity index (χ1v) is 10.3. The molecule has 1 aliphatic heterocycles. The van der Waals surface area contributed by atoms with Gasteiger partial charge in [0.2, 0.25) is 10.0 Å². The average molecular weight is 392 g/mol. The van der Waals surface area contributed by atoms with E-state index in [2.05, 4.69) is 20.8 Å². The molecule has 9 nitrogen and oxygen atoms in total. The van der Waals surface area contributed by atoms with Crippen LogP contribution in [0.3, 0.4) is 0 Å². The van der Waals surface area contributed by atoms with Crippen molar-refractivity contribution in [3.8, 4) is 0 Å². The number of nitrogens with zero attached hydrogens (tertiary/aromatic N) is 4. The summed E-state index contributed by atoms with van der Waals surface area (Å²) in [5, 5.41) is 13.6. The van der Waals surface area contributed by atoms with E-state index in [1.54, 1.807) is 19.2 Å². The van der Waals surface area contributed by atoms with Crippen molar-refractivity contribution < 1.29 is 13.2 Å². The van der Waals surface area contributed by atoms with E-state index in [0.29, 0.717) is 5.69 Å². The van der Waals surface area contributed by atoms with Crippen LogP contribution in [-0.4, -0.2) is 46.6 Å². The van der Waals surface area contributed by atoms with Gasteiger partial charge in [0.25, 0.3) is 0 Å². The monoisotopic (exact) mass is 392 g/mol. The number of carbonyl (C=O) groups is 1. The number of urea groups is 1. The smallest absolute Gasteiger partial charge is 0.319 e. The molecule has 27 heavy (non-hydrogen) atoms. The number of benzene rings is 1. The third-order valence-electron chi connectivity index (χ3n) is 4.61. The van der Waals surface area contributed by atoms with Crippen LogP contribution >= 0.6 is 0 Å². The van der Waals surface area contributed by atoms with E-state index in [1.165, 1.54) is 16.4 Å². The van der Waals surface area contributed by atoms with Crippen LogP contribution in [0.4, 0.5) is 10.5 Å². The summed E-state index contributed by atoms with van der Waals surface area (Å²) in [5.41, 5.74) is 0.505. The van der Waals surface area contributed by atoms with Gasteiger partial charge < -0.3 is 15.2 Å². The number of sulfonamides is 1. The number of aromatic nitrogens is 3. The maximum Gasteiger partial charge on any atom is 0.319 e. The second-order valence-corrected chi connectivity index (χ2v) is 8.73. The summed E-state index contributed by atoms with van der Waals surface area (Å²) in [4.78, 5) is 12.3. The maximum absolute atomic E-state index is 12.4. The van der Waals surface area contributed by atoms with Crippen LogP contribution in [0, 0.1) is 0 Å². The molecule has 2 N–H and O–H groups in total. The number of aryl methyl sites for hydroxylation is 1. The number of hydrogen-bond donors (Lipinski definition) is 2. The third kappa shape index (κ3) is 4.11. The van der Waals surface area contributed by atoms with Crippen molar-refractivity contribution in [1.29, 1.82) is 0 Å². The SMILES string of the molecule is CC(C)N(C)S(=O)(=O)c1ccc(NC(=O)NCc2nnc3n2CCC3)cc1. The molecular weight excluding hydrogens is 368 g/mol. The molecule has 2 amide bonds. The molecule has 10 heteroatoms. The van der Waals surface area contributed by atoms with E-state index in [4.69, 9.17) is 0 Å². The van der Waals surface area contributed by atoms with Gasteiger partial charge in [-0.3, -0.25) is 0 Å². The van der Waals surface area contributed by atoms with Gasteiger partial charge in [-0.2, -0.15) is 4.31 Å². The molecule has 0 radical (unpaired) electrons. The van der Waals surface area contributed by atoms with Gasteiger partial charge in [0.05, 0.1) is 11.4 Å². The van der Waals surface area contributed by atoms with Crippen molar-refractivity contribution in [2.75, 3.05) is 12.4 Å². The van der Waals surface area contributed by atoms with Crippen molar-refractivity contribution in [2.45, 2.75) is 50.7 Å². The van der Waals surface area contributed by atoms with Gasteiger partial charge in [-0.05, 0) is 44.5 Å². The van der Waals surface area contributed by atoms with Crippen LogP contribution in [0.5, 0.6) is 0 Å². The van der Waals surface area contributed by atoms with Crippen LogP contribution in [0.2, 0.25) is 0 Å². The van der Waals surface area contributed by atoms with Crippen LogP contribution in [0.15, 0.2) is 29.2 Å². The zero-order valence-corrected chi connectivity index (χ0v) is 16.5. The summed E-state index contributed by atoms with van der Waals surface area (Å²) in [7, 11) is -2.00. The number of nitrogens with one attached hydrogen (secondary N) is 2. The summed E-state index contributed by atoms with van der Waals surface area (Å²) in [6, 6.07) is 5.56. The van der Waals surface area contributed by atoms with Gasteiger partial charge in [-0.15, -0.1) is 10.2 Å². The maximum atomic E-state index is 12.4. The first kappa shape index (κ1) is 19.3. The predicted molar refractivity (Wildman–Crippen MR) is 101 cm³/mol. The Bertz CT molecular complexity index is 921. The summed E-state index contributed by atoms with van der Waals surface area (Å²) in [6.45, 7) is 4.78. The second-order valence-electron chi connectivity index (χ2n) is 6.73. The van der Waals surface area contributed by atoms with Gasteiger partial charge in [-0.25, -0.2) is 13.2 Å². The number of carbonyl (C=O) groups excluding carboxylic acids is 1. The van der Waals surface area contributed by atoms with Gasteiger partial charge in [0.15, 0.2) is 5.82 Å². The molecule has 0 saturated carbocycles. The van der Waals surface area contributed by atoms with Crippen LogP contribution in [0.25, 0.3) is 0 Å². The lowest BCUT2D eigenvalue weighted by Crippen LogP contribution is -2.33. The molecule has 2 aromatic rings. The number of hydrogen-bond acceptors (Lipinski definition) is 5. The lowest BCUT2D eigenvalue weighted by molar-refractivity contribution is 0.251. The molecule has 0 aliphatic carbocycles. The Balaban J connectivity index is 1.58. The number of rotatable bonds is 6. The second kappa shape index (κ2) is 7.65. The zero-order valence-electron chi connectivity index (χ0n) is 15.6.